The number of benzene rings is 2. The normalized spacial score (nSPS) is 20.1. The lowest BCUT2D eigenvalue weighted by molar-refractivity contribution is -0.0327. The van der Waals surface area contributed by atoms with Gasteiger partial charge in [0.25, 0.3) is 0 Å². The van der Waals surface area contributed by atoms with Crippen molar-refractivity contribution in [1.29, 1.82) is 0 Å². The van der Waals surface area contributed by atoms with Crippen LogP contribution < -0.4 is 19.6 Å². The molecule has 5 nitrogen and oxygen atoms in total. The molecule has 1 aromatic heterocycles. The third kappa shape index (κ3) is 3.14. The summed E-state index contributed by atoms with van der Waals surface area (Å²) < 4.78 is 17.7. The Kier molecular flexibility index (Phi) is 4.66. The molecule has 0 amide bonds. The summed E-state index contributed by atoms with van der Waals surface area (Å²) in [7, 11) is 1.65. The van der Waals surface area contributed by atoms with E-state index in [1.165, 1.54) is 4.88 Å². The Morgan fingerprint density at radius 3 is 2.79 bits per heavy atom. The van der Waals surface area contributed by atoms with Gasteiger partial charge < -0.3 is 19.6 Å². The van der Waals surface area contributed by atoms with Crippen molar-refractivity contribution in [3.63, 3.8) is 0 Å². The molecule has 0 bridgehead atoms. The van der Waals surface area contributed by atoms with Crippen LogP contribution in [0.15, 0.2) is 66.1 Å². The summed E-state index contributed by atoms with van der Waals surface area (Å²) in [5.41, 5.74) is 6.83. The van der Waals surface area contributed by atoms with Gasteiger partial charge in [0.15, 0.2) is 17.7 Å². The Morgan fingerprint density at radius 1 is 1.10 bits per heavy atom. The lowest BCUT2D eigenvalue weighted by atomic mass is 10.0. The third-order valence-electron chi connectivity index (χ3n) is 5.16. The molecule has 2 aliphatic rings. The standard InChI is InChI=1S/C23H22N2O3S/c1-3-27-21-13-15(10-11-20(21)26-2)23-25-18(16-7-4-5-8-19(16)28-23)14-17(24-25)22-9-6-12-29-22/h4-14,18,23-24H,3H2,1-2H3. The van der Waals surface area contributed by atoms with Crippen LogP contribution in [0.3, 0.4) is 0 Å². The van der Waals surface area contributed by atoms with Gasteiger partial charge in [0, 0.05) is 11.1 Å². The summed E-state index contributed by atoms with van der Waals surface area (Å²) in [5.74, 6) is 2.34. The molecule has 2 aliphatic heterocycles. The van der Waals surface area contributed by atoms with Crippen LogP contribution in [0.1, 0.15) is 35.2 Å². The zero-order valence-corrected chi connectivity index (χ0v) is 17.1. The number of ether oxygens (including phenoxy) is 3. The van der Waals surface area contributed by atoms with E-state index < -0.39 is 0 Å². The molecule has 29 heavy (non-hydrogen) atoms. The molecule has 2 unspecified atom stereocenters. The summed E-state index contributed by atoms with van der Waals surface area (Å²) in [4.78, 5) is 1.21. The predicted octanol–water partition coefficient (Wildman–Crippen LogP) is 5.15. The molecular weight excluding hydrogens is 384 g/mol. The van der Waals surface area contributed by atoms with Gasteiger partial charge in [-0.3, -0.25) is 0 Å². The summed E-state index contributed by atoms with van der Waals surface area (Å²) >= 11 is 1.72. The first-order valence-electron chi connectivity index (χ1n) is 9.65. The predicted molar refractivity (Wildman–Crippen MR) is 114 cm³/mol. The fourth-order valence-corrected chi connectivity index (χ4v) is 4.55. The van der Waals surface area contributed by atoms with E-state index in [0.29, 0.717) is 6.61 Å². The highest BCUT2D eigenvalue weighted by atomic mass is 32.1. The van der Waals surface area contributed by atoms with Crippen molar-refractivity contribution in [2.45, 2.75) is 19.2 Å². The number of hydrazine groups is 1. The van der Waals surface area contributed by atoms with Crippen molar-refractivity contribution in [1.82, 2.24) is 10.4 Å². The van der Waals surface area contributed by atoms with Crippen molar-refractivity contribution in [2.24, 2.45) is 0 Å². The molecule has 1 N–H and O–H groups in total. The quantitative estimate of drug-likeness (QED) is 0.635. The number of nitrogens with one attached hydrogen (secondary N) is 1. The summed E-state index contributed by atoms with van der Waals surface area (Å²) in [6, 6.07) is 18.5. The highest BCUT2D eigenvalue weighted by molar-refractivity contribution is 7.11. The molecule has 0 saturated heterocycles. The van der Waals surface area contributed by atoms with E-state index in [1.807, 2.05) is 37.3 Å². The van der Waals surface area contributed by atoms with Crippen molar-refractivity contribution >= 4 is 17.0 Å². The Hall–Kier alpha value is -2.96. The minimum absolute atomic E-state index is 0.0831. The highest BCUT2D eigenvalue weighted by Gasteiger charge is 2.40. The molecule has 3 heterocycles. The average molecular weight is 407 g/mol. The molecule has 0 radical (unpaired) electrons. The highest BCUT2D eigenvalue weighted by Crippen LogP contribution is 2.47. The number of methoxy groups -OCH3 is 1. The first-order valence-corrected chi connectivity index (χ1v) is 10.5. The molecule has 5 rings (SSSR count). The van der Waals surface area contributed by atoms with E-state index in [4.69, 9.17) is 14.2 Å². The van der Waals surface area contributed by atoms with Crippen LogP contribution >= 0.6 is 11.3 Å². The lowest BCUT2D eigenvalue weighted by Gasteiger charge is -2.39. The fraction of sp³-hybridized carbons (Fsp3) is 0.217. The molecule has 0 aliphatic carbocycles. The number of nitrogens with zero attached hydrogens (tertiary/aromatic N) is 1. The third-order valence-corrected chi connectivity index (χ3v) is 6.07. The minimum Gasteiger partial charge on any atom is -0.493 e. The zero-order chi connectivity index (χ0) is 19.8. The molecule has 0 fully saturated rings. The van der Waals surface area contributed by atoms with Crippen molar-refractivity contribution < 1.29 is 14.2 Å². The van der Waals surface area contributed by atoms with Gasteiger partial charge in [0.2, 0.25) is 0 Å². The number of hydrogen-bond donors (Lipinski definition) is 1. The van der Waals surface area contributed by atoms with Gasteiger partial charge in [-0.1, -0.05) is 24.3 Å². The SMILES string of the molecule is CCOc1cc(C2Oc3ccccc3C3C=C(c4cccs4)NN32)ccc1OC. The van der Waals surface area contributed by atoms with E-state index in [-0.39, 0.29) is 12.3 Å². The van der Waals surface area contributed by atoms with Gasteiger partial charge in [-0.15, -0.1) is 11.3 Å². The van der Waals surface area contributed by atoms with Gasteiger partial charge in [0.05, 0.1) is 30.3 Å². The maximum Gasteiger partial charge on any atom is 0.196 e. The topological polar surface area (TPSA) is 43.0 Å². The van der Waals surface area contributed by atoms with E-state index in [9.17, 15) is 0 Å². The molecule has 148 valence electrons. The second-order valence-electron chi connectivity index (χ2n) is 6.87. The number of thiophene rings is 1. The van der Waals surface area contributed by atoms with Crippen LogP contribution in [0.25, 0.3) is 5.70 Å². The minimum atomic E-state index is -0.297. The van der Waals surface area contributed by atoms with Gasteiger partial charge >= 0.3 is 0 Å². The molecule has 2 atom stereocenters. The molecule has 2 aromatic carbocycles. The van der Waals surface area contributed by atoms with Crippen LogP contribution in [0.5, 0.6) is 17.2 Å². The molecule has 6 heteroatoms. The second-order valence-corrected chi connectivity index (χ2v) is 7.82. The molecule has 3 aromatic rings. The van der Waals surface area contributed by atoms with Gasteiger partial charge in [-0.05, 0) is 48.7 Å². The van der Waals surface area contributed by atoms with Gasteiger partial charge in [-0.25, -0.2) is 0 Å². The van der Waals surface area contributed by atoms with E-state index >= 15 is 0 Å². The second kappa shape index (κ2) is 7.46. The molecular formula is C23H22N2O3S. The molecule has 0 saturated carbocycles. The number of para-hydroxylation sites is 1. The summed E-state index contributed by atoms with van der Waals surface area (Å²) in [6.07, 6.45) is 1.97. The van der Waals surface area contributed by atoms with Gasteiger partial charge in [0.1, 0.15) is 5.75 Å². The van der Waals surface area contributed by atoms with Crippen LogP contribution in [-0.4, -0.2) is 18.7 Å². The van der Waals surface area contributed by atoms with E-state index in [0.717, 1.165) is 34.1 Å². The monoisotopic (exact) mass is 406 g/mol. The Bertz CT molecular complexity index is 1050. The Balaban J connectivity index is 1.56. The maximum absolute atomic E-state index is 6.44. The van der Waals surface area contributed by atoms with Crippen molar-refractivity contribution in [2.75, 3.05) is 13.7 Å². The number of rotatable bonds is 5. The zero-order valence-electron chi connectivity index (χ0n) is 16.3. The Labute approximate surface area is 174 Å². The average Bonchev–Trinajstić information content (AvgIpc) is 3.43. The first kappa shape index (κ1) is 18.1. The fourth-order valence-electron chi connectivity index (χ4n) is 3.85. The van der Waals surface area contributed by atoms with Crippen LogP contribution in [0.4, 0.5) is 0 Å². The molecule has 0 spiro atoms. The summed E-state index contributed by atoms with van der Waals surface area (Å²) in [6.45, 7) is 2.54. The smallest absolute Gasteiger partial charge is 0.196 e. The van der Waals surface area contributed by atoms with Crippen LogP contribution in [0, 0.1) is 0 Å². The number of fused-ring (bicyclic) bond motifs is 3. The largest absolute Gasteiger partial charge is 0.493 e. The number of hydrogen-bond acceptors (Lipinski definition) is 6. The van der Waals surface area contributed by atoms with E-state index in [2.05, 4.69) is 46.2 Å². The summed E-state index contributed by atoms with van der Waals surface area (Å²) in [5, 5.41) is 4.25. The van der Waals surface area contributed by atoms with Crippen LogP contribution in [0.2, 0.25) is 0 Å². The van der Waals surface area contributed by atoms with Gasteiger partial charge in [-0.2, -0.15) is 5.01 Å². The van der Waals surface area contributed by atoms with Crippen molar-refractivity contribution in [3.8, 4) is 17.2 Å². The van der Waals surface area contributed by atoms with Crippen LogP contribution in [-0.2, 0) is 0 Å². The first-order chi connectivity index (χ1) is 14.3. The van der Waals surface area contributed by atoms with E-state index in [1.54, 1.807) is 18.4 Å². The van der Waals surface area contributed by atoms with Crippen molar-refractivity contribution in [3.05, 3.63) is 82.1 Å². The Morgan fingerprint density at radius 2 is 2.00 bits per heavy atom. The lowest BCUT2D eigenvalue weighted by Crippen LogP contribution is -2.43. The maximum atomic E-state index is 6.44.